The van der Waals surface area contributed by atoms with Crippen LogP contribution in [0, 0.1) is 5.92 Å². The molecule has 14 heavy (non-hydrogen) atoms. The zero-order valence-corrected chi connectivity index (χ0v) is 9.63. The molecule has 0 aromatic carbocycles. The zero-order valence-electron chi connectivity index (χ0n) is 9.63. The molecule has 0 aromatic rings. The van der Waals surface area contributed by atoms with Gasteiger partial charge in [-0.2, -0.15) is 5.10 Å². The number of rotatable bonds is 3. The Morgan fingerprint density at radius 1 is 1.50 bits per heavy atom. The molecule has 0 rings (SSSR count). The van der Waals surface area contributed by atoms with Gasteiger partial charge in [0.1, 0.15) is 5.60 Å². The van der Waals surface area contributed by atoms with Gasteiger partial charge in [0.25, 0.3) is 0 Å². The van der Waals surface area contributed by atoms with Gasteiger partial charge in [-0.05, 0) is 33.1 Å². The molecule has 82 valence electrons. The van der Waals surface area contributed by atoms with E-state index in [1.165, 1.54) is 0 Å². The minimum absolute atomic E-state index is 0.475. The molecule has 1 amide bonds. The fourth-order valence-electron chi connectivity index (χ4n) is 0.663. The summed E-state index contributed by atoms with van der Waals surface area (Å²) in [6.45, 7) is 9.60. The first kappa shape index (κ1) is 12.9. The van der Waals surface area contributed by atoms with Crippen LogP contribution in [-0.2, 0) is 4.74 Å². The lowest BCUT2D eigenvalue weighted by Gasteiger charge is -2.18. The Bertz CT molecular complexity index is 205. The van der Waals surface area contributed by atoms with Gasteiger partial charge in [0, 0.05) is 6.21 Å². The van der Waals surface area contributed by atoms with Gasteiger partial charge >= 0.3 is 6.09 Å². The standard InChI is InChI=1S/C10H20N2O2/c1-8(2)6-7-11-12-9(13)14-10(3,4)5/h7-8H,6H2,1-5H3,(H,12,13)/b11-7+. The molecule has 0 unspecified atom stereocenters. The monoisotopic (exact) mass is 200 g/mol. The number of carbonyl (C=O) groups is 1. The lowest BCUT2D eigenvalue weighted by Crippen LogP contribution is -2.29. The summed E-state index contributed by atoms with van der Waals surface area (Å²) < 4.78 is 4.98. The normalized spacial score (nSPS) is 12.1. The average Bonchev–Trinajstić information content (AvgIpc) is 1.94. The smallest absolute Gasteiger partial charge is 0.428 e. The van der Waals surface area contributed by atoms with Crippen molar-refractivity contribution >= 4 is 12.3 Å². The molecule has 0 fully saturated rings. The van der Waals surface area contributed by atoms with Crippen LogP contribution in [0.5, 0.6) is 0 Å². The molecule has 1 N–H and O–H groups in total. The summed E-state index contributed by atoms with van der Waals surface area (Å²) in [6.07, 6.45) is 2.00. The van der Waals surface area contributed by atoms with Crippen molar-refractivity contribution in [2.75, 3.05) is 0 Å². The van der Waals surface area contributed by atoms with Crippen LogP contribution in [0.2, 0.25) is 0 Å². The predicted octanol–water partition coefficient (Wildman–Crippen LogP) is 2.54. The summed E-state index contributed by atoms with van der Waals surface area (Å²) in [4.78, 5) is 11.1. The summed E-state index contributed by atoms with van der Waals surface area (Å²) in [5.74, 6) is 0.541. The highest BCUT2D eigenvalue weighted by Gasteiger charge is 2.15. The van der Waals surface area contributed by atoms with E-state index in [0.717, 1.165) is 6.42 Å². The molecular weight excluding hydrogens is 180 g/mol. The summed E-state index contributed by atoms with van der Waals surface area (Å²) in [5, 5.41) is 3.75. The van der Waals surface area contributed by atoms with Crippen molar-refractivity contribution in [3.05, 3.63) is 0 Å². The highest BCUT2D eigenvalue weighted by atomic mass is 16.6. The molecule has 0 atom stereocenters. The molecule has 0 radical (unpaired) electrons. The van der Waals surface area contributed by atoms with Crippen LogP contribution in [0.25, 0.3) is 0 Å². The van der Waals surface area contributed by atoms with Crippen molar-refractivity contribution < 1.29 is 9.53 Å². The quantitative estimate of drug-likeness (QED) is 0.562. The van der Waals surface area contributed by atoms with E-state index in [1.807, 2.05) is 20.8 Å². The van der Waals surface area contributed by atoms with Gasteiger partial charge in [-0.1, -0.05) is 13.8 Å². The lowest BCUT2D eigenvalue weighted by molar-refractivity contribution is 0.0529. The third kappa shape index (κ3) is 9.03. The van der Waals surface area contributed by atoms with Crippen molar-refractivity contribution in [1.82, 2.24) is 5.43 Å². The Labute approximate surface area is 85.7 Å². The van der Waals surface area contributed by atoms with E-state index in [4.69, 9.17) is 4.74 Å². The number of hydrazone groups is 1. The molecule has 0 saturated heterocycles. The van der Waals surface area contributed by atoms with E-state index in [-0.39, 0.29) is 0 Å². The molecule has 0 bridgehead atoms. The molecule has 0 spiro atoms. The Morgan fingerprint density at radius 3 is 2.50 bits per heavy atom. The SMILES string of the molecule is CC(C)C/C=N/NC(=O)OC(C)(C)C. The third-order valence-electron chi connectivity index (χ3n) is 1.22. The van der Waals surface area contributed by atoms with Gasteiger partial charge < -0.3 is 4.74 Å². The van der Waals surface area contributed by atoms with E-state index in [1.54, 1.807) is 6.21 Å². The topological polar surface area (TPSA) is 50.7 Å². The highest BCUT2D eigenvalue weighted by molar-refractivity contribution is 5.69. The van der Waals surface area contributed by atoms with Crippen molar-refractivity contribution in [1.29, 1.82) is 0 Å². The number of ether oxygens (including phenoxy) is 1. The summed E-state index contributed by atoms with van der Waals surface area (Å²) in [5.41, 5.74) is 1.83. The maximum absolute atomic E-state index is 11.1. The first-order valence-electron chi connectivity index (χ1n) is 4.82. The molecule has 0 aliphatic heterocycles. The second-order valence-corrected chi connectivity index (χ2v) is 4.55. The zero-order chi connectivity index (χ0) is 11.2. The highest BCUT2D eigenvalue weighted by Crippen LogP contribution is 2.06. The van der Waals surface area contributed by atoms with Crippen LogP contribution < -0.4 is 5.43 Å². The molecule has 4 nitrogen and oxygen atoms in total. The number of hydrogen-bond donors (Lipinski definition) is 1. The van der Waals surface area contributed by atoms with Crippen LogP contribution in [0.1, 0.15) is 41.0 Å². The van der Waals surface area contributed by atoms with Gasteiger partial charge in [-0.15, -0.1) is 0 Å². The Kier molecular flexibility index (Phi) is 5.20. The number of nitrogens with zero attached hydrogens (tertiary/aromatic N) is 1. The second-order valence-electron chi connectivity index (χ2n) is 4.55. The van der Waals surface area contributed by atoms with E-state index in [9.17, 15) is 4.79 Å². The van der Waals surface area contributed by atoms with Crippen LogP contribution in [0.3, 0.4) is 0 Å². The first-order chi connectivity index (χ1) is 6.31. The average molecular weight is 200 g/mol. The maximum atomic E-state index is 11.1. The lowest BCUT2D eigenvalue weighted by atomic mass is 10.2. The molecular formula is C10H20N2O2. The minimum atomic E-state index is -0.516. The predicted molar refractivity (Wildman–Crippen MR) is 57.3 cm³/mol. The van der Waals surface area contributed by atoms with Crippen LogP contribution in [-0.4, -0.2) is 17.9 Å². The van der Waals surface area contributed by atoms with Gasteiger partial charge in [-0.3, -0.25) is 0 Å². The van der Waals surface area contributed by atoms with Gasteiger partial charge in [-0.25, -0.2) is 10.2 Å². The van der Waals surface area contributed by atoms with Crippen molar-refractivity contribution in [2.45, 2.75) is 46.6 Å². The minimum Gasteiger partial charge on any atom is -0.443 e. The fraction of sp³-hybridized carbons (Fsp3) is 0.800. The van der Waals surface area contributed by atoms with E-state index < -0.39 is 11.7 Å². The molecule has 0 saturated carbocycles. The van der Waals surface area contributed by atoms with Crippen molar-refractivity contribution in [2.24, 2.45) is 11.0 Å². The first-order valence-corrected chi connectivity index (χ1v) is 4.82. The van der Waals surface area contributed by atoms with Crippen LogP contribution >= 0.6 is 0 Å². The summed E-state index contributed by atoms with van der Waals surface area (Å²) >= 11 is 0. The molecule has 0 aromatic heterocycles. The second kappa shape index (κ2) is 5.62. The van der Waals surface area contributed by atoms with E-state index in [2.05, 4.69) is 24.4 Å². The van der Waals surface area contributed by atoms with Crippen molar-refractivity contribution in [3.63, 3.8) is 0 Å². The van der Waals surface area contributed by atoms with Gasteiger partial charge in [0.05, 0.1) is 0 Å². The van der Waals surface area contributed by atoms with E-state index in [0.29, 0.717) is 5.92 Å². The number of carbonyl (C=O) groups excluding carboxylic acids is 1. The fourth-order valence-corrected chi connectivity index (χ4v) is 0.663. The number of hydrogen-bond acceptors (Lipinski definition) is 3. The largest absolute Gasteiger partial charge is 0.443 e. The number of nitrogens with one attached hydrogen (secondary N) is 1. The summed E-state index contributed by atoms with van der Waals surface area (Å²) in [6, 6.07) is 0. The van der Waals surface area contributed by atoms with Crippen molar-refractivity contribution in [3.8, 4) is 0 Å². The van der Waals surface area contributed by atoms with E-state index >= 15 is 0 Å². The van der Waals surface area contributed by atoms with Crippen LogP contribution in [0.4, 0.5) is 4.79 Å². The van der Waals surface area contributed by atoms with Crippen LogP contribution in [0.15, 0.2) is 5.10 Å². The molecule has 0 aliphatic carbocycles. The molecule has 0 heterocycles. The molecule has 0 aliphatic rings. The summed E-state index contributed by atoms with van der Waals surface area (Å²) in [7, 11) is 0. The Hall–Kier alpha value is -1.06. The molecule has 4 heteroatoms. The third-order valence-corrected chi connectivity index (χ3v) is 1.22. The number of amides is 1. The Balaban J connectivity index is 3.70. The van der Waals surface area contributed by atoms with Gasteiger partial charge in [0.15, 0.2) is 0 Å². The maximum Gasteiger partial charge on any atom is 0.428 e. The van der Waals surface area contributed by atoms with Gasteiger partial charge in [0.2, 0.25) is 0 Å². The Morgan fingerprint density at radius 2 is 2.07 bits per heavy atom.